The third-order valence-corrected chi connectivity index (χ3v) is 6.97. The van der Waals surface area contributed by atoms with Gasteiger partial charge < -0.3 is 31.2 Å². The van der Waals surface area contributed by atoms with Crippen LogP contribution in [0.25, 0.3) is 11.6 Å². The number of fused-ring (bicyclic) bond motifs is 1. The Labute approximate surface area is 240 Å². The average molecular weight is 584 g/mol. The van der Waals surface area contributed by atoms with Crippen LogP contribution in [0, 0.1) is 13.8 Å². The highest BCUT2D eigenvalue weighted by Gasteiger charge is 2.32. The molecule has 0 saturated heterocycles. The molecule has 0 bridgehead atoms. The fraction of sp³-hybridized carbons (Fsp3) is 0.310. The first-order valence-electron chi connectivity index (χ1n) is 13.4. The zero-order valence-corrected chi connectivity index (χ0v) is 23.6. The van der Waals surface area contributed by atoms with Gasteiger partial charge in [0, 0.05) is 35.7 Å². The number of hydrogen-bond acceptors (Lipinski definition) is 5. The number of aromatic amines is 1. The third-order valence-electron chi connectivity index (χ3n) is 6.97. The van der Waals surface area contributed by atoms with Crippen molar-refractivity contribution < 1.29 is 27.6 Å². The highest BCUT2D eigenvalue weighted by molar-refractivity contribution is 6.35. The quantitative estimate of drug-likeness (QED) is 0.220. The van der Waals surface area contributed by atoms with E-state index in [-0.39, 0.29) is 17.5 Å². The molecule has 3 aromatic rings. The number of carbonyl (C=O) groups excluding carboxylic acids is 3. The number of hydrogen-bond donors (Lipinski definition) is 5. The van der Waals surface area contributed by atoms with Crippen LogP contribution >= 0.6 is 0 Å². The van der Waals surface area contributed by atoms with Crippen LogP contribution in [0.1, 0.15) is 52.4 Å². The van der Waals surface area contributed by atoms with E-state index in [0.29, 0.717) is 51.6 Å². The number of nitrogens with zero attached hydrogens (tertiary/aromatic N) is 2. The summed E-state index contributed by atoms with van der Waals surface area (Å²) < 4.78 is 38.1. The van der Waals surface area contributed by atoms with Gasteiger partial charge in [0.15, 0.2) is 0 Å². The molecule has 0 radical (unpaired) electrons. The predicted octanol–water partition coefficient (Wildman–Crippen LogP) is 5.25. The second kappa shape index (κ2) is 12.5. The number of nitrogens with one attached hydrogen (secondary N) is 5. The maximum absolute atomic E-state index is 12.9. The number of aryl methyl sites for hydroxylation is 1. The molecule has 0 unspecified atom stereocenters. The predicted molar refractivity (Wildman–Crippen MR) is 155 cm³/mol. The van der Waals surface area contributed by atoms with Gasteiger partial charge >= 0.3 is 12.2 Å². The summed E-state index contributed by atoms with van der Waals surface area (Å²) >= 11 is 0. The standard InChI is InChI=1S/C29H32F3N7O3/c1-5-39(6-2)12-11-33-27(41)25-16(3)22(35-17(25)4)14-21-20-9-7-18(13-23(20)38-26(21)40)36-28(42)37-19-8-10-24(34-15-19)29(30,31)32/h7-10,13-15,35H,5-6,11-12H2,1-4H3,(H,33,41)(H,38,40)(H2,36,37,42)/b21-14-. The molecular weight excluding hydrogens is 551 g/mol. The lowest BCUT2D eigenvalue weighted by molar-refractivity contribution is -0.141. The van der Waals surface area contributed by atoms with Gasteiger partial charge in [0.05, 0.1) is 28.7 Å². The van der Waals surface area contributed by atoms with E-state index in [1.165, 1.54) is 0 Å². The van der Waals surface area contributed by atoms with E-state index in [1.807, 2.05) is 6.92 Å². The van der Waals surface area contributed by atoms with Crippen molar-refractivity contribution in [3.8, 4) is 0 Å². The van der Waals surface area contributed by atoms with Gasteiger partial charge in [-0.1, -0.05) is 19.9 Å². The van der Waals surface area contributed by atoms with Gasteiger partial charge in [0.1, 0.15) is 5.69 Å². The monoisotopic (exact) mass is 583 g/mol. The molecule has 4 amide bonds. The van der Waals surface area contributed by atoms with Crippen molar-refractivity contribution in [1.29, 1.82) is 0 Å². The smallest absolute Gasteiger partial charge is 0.358 e. The van der Waals surface area contributed by atoms with Crippen LogP contribution in [0.15, 0.2) is 36.5 Å². The number of amides is 4. The lowest BCUT2D eigenvalue weighted by Crippen LogP contribution is -2.35. The van der Waals surface area contributed by atoms with Crippen molar-refractivity contribution in [1.82, 2.24) is 20.2 Å². The topological polar surface area (TPSA) is 131 Å². The Morgan fingerprint density at radius 3 is 2.38 bits per heavy atom. The number of pyridine rings is 1. The van der Waals surface area contributed by atoms with Crippen molar-refractivity contribution in [2.75, 3.05) is 42.1 Å². The summed E-state index contributed by atoms with van der Waals surface area (Å²) in [6, 6.07) is 6.00. The van der Waals surface area contributed by atoms with Crippen molar-refractivity contribution in [2.45, 2.75) is 33.9 Å². The molecule has 1 aromatic carbocycles. The van der Waals surface area contributed by atoms with E-state index in [4.69, 9.17) is 0 Å². The van der Waals surface area contributed by atoms with Crippen LogP contribution in [0.5, 0.6) is 0 Å². The van der Waals surface area contributed by atoms with Gasteiger partial charge in [-0.05, 0) is 62.8 Å². The molecule has 2 aromatic heterocycles. The lowest BCUT2D eigenvalue weighted by Gasteiger charge is -2.18. The summed E-state index contributed by atoms with van der Waals surface area (Å²) in [6.45, 7) is 10.8. The second-order valence-corrected chi connectivity index (χ2v) is 9.73. The third kappa shape index (κ3) is 6.79. The van der Waals surface area contributed by atoms with E-state index in [9.17, 15) is 27.6 Å². The van der Waals surface area contributed by atoms with Crippen LogP contribution < -0.4 is 21.3 Å². The minimum atomic E-state index is -4.58. The Bertz CT molecular complexity index is 1520. The van der Waals surface area contributed by atoms with Crippen LogP contribution in [0.2, 0.25) is 0 Å². The first-order chi connectivity index (χ1) is 19.9. The zero-order valence-electron chi connectivity index (χ0n) is 23.6. The summed E-state index contributed by atoms with van der Waals surface area (Å²) in [7, 11) is 0. The zero-order chi connectivity index (χ0) is 30.6. The number of aromatic nitrogens is 2. The summed E-state index contributed by atoms with van der Waals surface area (Å²) in [5.74, 6) is -0.533. The molecule has 0 saturated carbocycles. The molecule has 4 rings (SSSR count). The Morgan fingerprint density at radius 1 is 1.05 bits per heavy atom. The normalized spacial score (nSPS) is 13.7. The average Bonchev–Trinajstić information content (AvgIpc) is 3.39. The van der Waals surface area contributed by atoms with Crippen LogP contribution in [0.3, 0.4) is 0 Å². The Balaban J connectivity index is 1.45. The molecule has 1 aliphatic heterocycles. The summed E-state index contributed by atoms with van der Waals surface area (Å²) in [6.07, 6.45) is -1.98. The molecule has 5 N–H and O–H groups in total. The number of halogens is 3. The Kier molecular flexibility index (Phi) is 9.00. The molecule has 0 fully saturated rings. The van der Waals surface area contributed by atoms with E-state index in [2.05, 4.69) is 50.0 Å². The maximum atomic E-state index is 12.9. The molecular formula is C29H32F3N7O3. The van der Waals surface area contributed by atoms with Crippen LogP contribution in [0.4, 0.5) is 35.0 Å². The number of urea groups is 1. The number of carbonyl (C=O) groups is 3. The fourth-order valence-electron chi connectivity index (χ4n) is 4.70. The van der Waals surface area contributed by atoms with Crippen molar-refractivity contribution >= 4 is 46.6 Å². The SMILES string of the molecule is CCN(CC)CCNC(=O)c1c(C)[nH]c(/C=C2\C(=O)Nc3cc(NC(=O)Nc4ccc(C(F)(F)F)nc4)ccc32)c1C. The maximum Gasteiger partial charge on any atom is 0.433 e. The first kappa shape index (κ1) is 30.3. The molecule has 0 atom stereocenters. The van der Waals surface area contributed by atoms with E-state index in [1.54, 1.807) is 31.2 Å². The van der Waals surface area contributed by atoms with Gasteiger partial charge in [-0.15, -0.1) is 0 Å². The summed E-state index contributed by atoms with van der Waals surface area (Å²) in [5, 5.41) is 10.7. The van der Waals surface area contributed by atoms with Gasteiger partial charge in [-0.25, -0.2) is 9.78 Å². The van der Waals surface area contributed by atoms with Crippen molar-refractivity contribution in [2.24, 2.45) is 0 Å². The van der Waals surface area contributed by atoms with E-state index >= 15 is 0 Å². The molecule has 10 nitrogen and oxygen atoms in total. The van der Waals surface area contributed by atoms with Crippen LogP contribution in [-0.2, 0) is 11.0 Å². The molecule has 13 heteroatoms. The van der Waals surface area contributed by atoms with E-state index < -0.39 is 17.9 Å². The van der Waals surface area contributed by atoms with Gasteiger partial charge in [0.25, 0.3) is 11.8 Å². The van der Waals surface area contributed by atoms with Crippen molar-refractivity contribution in [3.05, 3.63) is 70.3 Å². The molecule has 0 spiro atoms. The molecule has 222 valence electrons. The fourth-order valence-corrected chi connectivity index (χ4v) is 4.70. The molecule has 1 aliphatic rings. The number of alkyl halides is 3. The van der Waals surface area contributed by atoms with Gasteiger partial charge in [-0.3, -0.25) is 9.59 Å². The minimum Gasteiger partial charge on any atom is -0.358 e. The minimum absolute atomic E-state index is 0.0775. The van der Waals surface area contributed by atoms with E-state index in [0.717, 1.165) is 38.0 Å². The lowest BCUT2D eigenvalue weighted by atomic mass is 10.0. The van der Waals surface area contributed by atoms with Gasteiger partial charge in [-0.2, -0.15) is 13.2 Å². The highest BCUT2D eigenvalue weighted by atomic mass is 19.4. The first-order valence-corrected chi connectivity index (χ1v) is 13.4. The van der Waals surface area contributed by atoms with Crippen LogP contribution in [-0.4, -0.2) is 58.9 Å². The number of H-pyrrole nitrogens is 1. The summed E-state index contributed by atoms with van der Waals surface area (Å²) in [4.78, 5) is 46.9. The second-order valence-electron chi connectivity index (χ2n) is 9.73. The molecule has 0 aliphatic carbocycles. The highest BCUT2D eigenvalue weighted by Crippen LogP contribution is 2.36. The van der Waals surface area contributed by atoms with Crippen molar-refractivity contribution in [3.63, 3.8) is 0 Å². The molecule has 42 heavy (non-hydrogen) atoms. The van der Waals surface area contributed by atoms with Gasteiger partial charge in [0.2, 0.25) is 0 Å². The largest absolute Gasteiger partial charge is 0.433 e. The number of anilines is 3. The summed E-state index contributed by atoms with van der Waals surface area (Å²) in [5.41, 5.74) is 3.39. The Morgan fingerprint density at radius 2 is 1.74 bits per heavy atom. The number of benzene rings is 1. The number of rotatable bonds is 9. The Hall–Kier alpha value is -4.65. The number of likely N-dealkylation sites (N-methyl/N-ethyl adjacent to an activating group) is 1. The molecule has 3 heterocycles.